The van der Waals surface area contributed by atoms with E-state index in [1.807, 2.05) is 11.8 Å². The molecule has 1 atom stereocenters. The van der Waals surface area contributed by atoms with Crippen LogP contribution in [-0.2, 0) is 6.54 Å². The average molecular weight is 284 g/mol. The van der Waals surface area contributed by atoms with Crippen LogP contribution in [0.1, 0.15) is 31.7 Å². The van der Waals surface area contributed by atoms with Crippen molar-refractivity contribution in [2.75, 3.05) is 18.1 Å². The molecule has 102 valence electrons. The SMILES string of the molecule is CCSCCC(CN)N(Cc1ccsc1)C1CC1. The molecule has 2 rings (SSSR count). The minimum Gasteiger partial charge on any atom is -0.329 e. The molecule has 1 aromatic rings. The predicted octanol–water partition coefficient (Wildman–Crippen LogP) is 3.18. The van der Waals surface area contributed by atoms with E-state index < -0.39 is 0 Å². The second-order valence-corrected chi connectivity index (χ2v) is 7.08. The molecule has 0 aromatic carbocycles. The normalized spacial score (nSPS) is 17.3. The maximum absolute atomic E-state index is 6.00. The van der Waals surface area contributed by atoms with Crippen molar-refractivity contribution in [2.24, 2.45) is 5.73 Å². The number of thiophene rings is 1. The summed E-state index contributed by atoms with van der Waals surface area (Å²) in [6.45, 7) is 4.11. The highest BCUT2D eigenvalue weighted by Gasteiger charge is 2.33. The Morgan fingerprint density at radius 3 is 2.94 bits per heavy atom. The lowest BCUT2D eigenvalue weighted by molar-refractivity contribution is 0.177. The van der Waals surface area contributed by atoms with E-state index in [1.54, 1.807) is 11.3 Å². The van der Waals surface area contributed by atoms with E-state index in [1.165, 1.54) is 36.3 Å². The summed E-state index contributed by atoms with van der Waals surface area (Å²) in [6.07, 6.45) is 3.96. The molecule has 1 aromatic heterocycles. The summed E-state index contributed by atoms with van der Waals surface area (Å²) in [7, 11) is 0. The van der Waals surface area contributed by atoms with Gasteiger partial charge in [-0.3, -0.25) is 4.90 Å². The number of thioether (sulfide) groups is 1. The van der Waals surface area contributed by atoms with Crippen LogP contribution in [0.3, 0.4) is 0 Å². The van der Waals surface area contributed by atoms with Crippen LogP contribution in [0.25, 0.3) is 0 Å². The molecule has 0 amide bonds. The van der Waals surface area contributed by atoms with E-state index in [0.29, 0.717) is 6.04 Å². The van der Waals surface area contributed by atoms with Gasteiger partial charge >= 0.3 is 0 Å². The van der Waals surface area contributed by atoms with E-state index in [2.05, 4.69) is 28.7 Å². The Kier molecular flexibility index (Phi) is 6.02. The summed E-state index contributed by atoms with van der Waals surface area (Å²) in [5, 5.41) is 4.44. The van der Waals surface area contributed by atoms with Gasteiger partial charge < -0.3 is 5.73 Å². The van der Waals surface area contributed by atoms with Crippen molar-refractivity contribution < 1.29 is 0 Å². The summed E-state index contributed by atoms with van der Waals surface area (Å²) in [6, 6.07) is 3.61. The molecular weight excluding hydrogens is 260 g/mol. The Bertz CT molecular complexity index is 323. The third-order valence-electron chi connectivity index (χ3n) is 3.50. The highest BCUT2D eigenvalue weighted by Crippen LogP contribution is 2.31. The van der Waals surface area contributed by atoms with Crippen LogP contribution >= 0.6 is 23.1 Å². The fourth-order valence-electron chi connectivity index (χ4n) is 2.34. The van der Waals surface area contributed by atoms with E-state index in [4.69, 9.17) is 5.73 Å². The Hall–Kier alpha value is -0.0300. The first-order chi connectivity index (χ1) is 8.85. The van der Waals surface area contributed by atoms with Gasteiger partial charge in [0, 0.05) is 25.2 Å². The molecule has 1 aliphatic rings. The molecule has 1 heterocycles. The zero-order valence-corrected chi connectivity index (χ0v) is 12.8. The number of nitrogens with two attached hydrogens (primary N) is 1. The van der Waals surface area contributed by atoms with Crippen LogP contribution in [0.5, 0.6) is 0 Å². The molecule has 2 nitrogen and oxygen atoms in total. The second kappa shape index (κ2) is 7.53. The zero-order valence-electron chi connectivity index (χ0n) is 11.2. The fraction of sp³-hybridized carbons (Fsp3) is 0.714. The Labute approximate surface area is 119 Å². The van der Waals surface area contributed by atoms with Crippen LogP contribution in [-0.4, -0.2) is 35.0 Å². The predicted molar refractivity (Wildman–Crippen MR) is 83.3 cm³/mol. The summed E-state index contributed by atoms with van der Waals surface area (Å²) >= 11 is 3.82. The third kappa shape index (κ3) is 4.26. The van der Waals surface area contributed by atoms with Gasteiger partial charge in [0.15, 0.2) is 0 Å². The maximum Gasteiger partial charge on any atom is 0.0248 e. The van der Waals surface area contributed by atoms with Crippen LogP contribution in [0, 0.1) is 0 Å². The van der Waals surface area contributed by atoms with Crippen molar-refractivity contribution in [1.29, 1.82) is 0 Å². The van der Waals surface area contributed by atoms with E-state index >= 15 is 0 Å². The van der Waals surface area contributed by atoms with Gasteiger partial charge in [-0.1, -0.05) is 6.92 Å². The van der Waals surface area contributed by atoms with Gasteiger partial charge in [0.2, 0.25) is 0 Å². The molecule has 0 spiro atoms. The summed E-state index contributed by atoms with van der Waals surface area (Å²) in [5.41, 5.74) is 7.45. The van der Waals surface area contributed by atoms with Crippen molar-refractivity contribution >= 4 is 23.1 Å². The minimum atomic E-state index is 0.566. The van der Waals surface area contributed by atoms with Crippen LogP contribution < -0.4 is 5.73 Å². The summed E-state index contributed by atoms with van der Waals surface area (Å²) in [4.78, 5) is 2.65. The molecule has 1 unspecified atom stereocenters. The average Bonchev–Trinajstić information content (AvgIpc) is 3.10. The van der Waals surface area contributed by atoms with Gasteiger partial charge in [0.1, 0.15) is 0 Å². The Morgan fingerprint density at radius 2 is 2.39 bits per heavy atom. The molecule has 4 heteroatoms. The first-order valence-corrected chi connectivity index (χ1v) is 8.99. The quantitative estimate of drug-likeness (QED) is 0.706. The molecule has 0 saturated heterocycles. The fourth-order valence-corrected chi connectivity index (χ4v) is 3.73. The van der Waals surface area contributed by atoms with Crippen molar-refractivity contribution in [3.05, 3.63) is 22.4 Å². The highest BCUT2D eigenvalue weighted by molar-refractivity contribution is 7.99. The maximum atomic E-state index is 6.00. The summed E-state index contributed by atoms with van der Waals surface area (Å²) < 4.78 is 0. The monoisotopic (exact) mass is 284 g/mol. The van der Waals surface area contributed by atoms with Gasteiger partial charge in [-0.2, -0.15) is 23.1 Å². The molecule has 2 N–H and O–H groups in total. The van der Waals surface area contributed by atoms with Crippen LogP contribution in [0.2, 0.25) is 0 Å². The van der Waals surface area contributed by atoms with Gasteiger partial charge in [0.25, 0.3) is 0 Å². The molecule has 0 radical (unpaired) electrons. The molecule has 18 heavy (non-hydrogen) atoms. The summed E-state index contributed by atoms with van der Waals surface area (Å²) in [5.74, 6) is 2.45. The van der Waals surface area contributed by atoms with Crippen molar-refractivity contribution in [3.63, 3.8) is 0 Å². The van der Waals surface area contributed by atoms with Crippen molar-refractivity contribution in [1.82, 2.24) is 4.90 Å². The van der Waals surface area contributed by atoms with E-state index in [9.17, 15) is 0 Å². The lowest BCUT2D eigenvalue weighted by atomic mass is 10.1. The number of nitrogens with zero attached hydrogens (tertiary/aromatic N) is 1. The van der Waals surface area contributed by atoms with Crippen LogP contribution in [0.15, 0.2) is 16.8 Å². The molecule has 0 aliphatic heterocycles. The smallest absolute Gasteiger partial charge is 0.0248 e. The van der Waals surface area contributed by atoms with Crippen molar-refractivity contribution in [2.45, 2.75) is 44.8 Å². The lowest BCUT2D eigenvalue weighted by Crippen LogP contribution is -2.42. The number of hydrogen-bond acceptors (Lipinski definition) is 4. The second-order valence-electron chi connectivity index (χ2n) is 4.91. The topological polar surface area (TPSA) is 29.3 Å². The largest absolute Gasteiger partial charge is 0.329 e. The van der Waals surface area contributed by atoms with Gasteiger partial charge in [0.05, 0.1) is 0 Å². The highest BCUT2D eigenvalue weighted by atomic mass is 32.2. The Balaban J connectivity index is 1.89. The van der Waals surface area contributed by atoms with Gasteiger partial charge in [-0.05, 0) is 53.2 Å². The molecule has 1 saturated carbocycles. The lowest BCUT2D eigenvalue weighted by Gasteiger charge is -2.30. The van der Waals surface area contributed by atoms with Gasteiger partial charge in [-0.25, -0.2) is 0 Å². The van der Waals surface area contributed by atoms with Gasteiger partial charge in [-0.15, -0.1) is 0 Å². The van der Waals surface area contributed by atoms with E-state index in [0.717, 1.165) is 19.1 Å². The molecule has 1 fully saturated rings. The van der Waals surface area contributed by atoms with E-state index in [-0.39, 0.29) is 0 Å². The van der Waals surface area contributed by atoms with Crippen molar-refractivity contribution in [3.8, 4) is 0 Å². The standard InChI is InChI=1S/C14H24N2S2/c1-2-17-8-6-14(9-15)16(13-3-4-13)10-12-5-7-18-11-12/h5,7,11,13-14H,2-4,6,8-10,15H2,1H3. The first kappa shape index (κ1) is 14.4. The first-order valence-electron chi connectivity index (χ1n) is 6.89. The van der Waals surface area contributed by atoms with Crippen LogP contribution in [0.4, 0.5) is 0 Å². The zero-order chi connectivity index (χ0) is 12.8. The Morgan fingerprint density at radius 1 is 1.56 bits per heavy atom. The molecule has 0 bridgehead atoms. The minimum absolute atomic E-state index is 0.566. The number of rotatable bonds is 9. The molecular formula is C14H24N2S2. The molecule has 1 aliphatic carbocycles. The third-order valence-corrected chi connectivity index (χ3v) is 5.17. The number of hydrogen-bond donors (Lipinski definition) is 1.